The van der Waals surface area contributed by atoms with E-state index in [0.29, 0.717) is 31.3 Å². The summed E-state index contributed by atoms with van der Waals surface area (Å²) < 4.78 is 42.6. The van der Waals surface area contributed by atoms with E-state index in [9.17, 15) is 13.2 Å². The number of carbonyl (C=O) groups is 1. The molecule has 10 heteroatoms. The van der Waals surface area contributed by atoms with Crippen LogP contribution in [0.5, 0.6) is 11.5 Å². The Morgan fingerprint density at radius 2 is 1.81 bits per heavy atom. The minimum absolute atomic E-state index is 0.0662. The molecule has 0 radical (unpaired) electrons. The number of amides is 1. The Kier molecular flexibility index (Phi) is 6.35. The minimum atomic E-state index is -3.78. The van der Waals surface area contributed by atoms with Gasteiger partial charge in [-0.2, -0.15) is 0 Å². The topological polar surface area (TPSA) is 94.2 Å². The van der Waals surface area contributed by atoms with Gasteiger partial charge in [0.25, 0.3) is 5.91 Å². The lowest BCUT2D eigenvalue weighted by molar-refractivity contribution is 0.0486. The lowest BCUT2D eigenvalue weighted by atomic mass is 9.74. The van der Waals surface area contributed by atoms with Gasteiger partial charge in [0.05, 0.1) is 5.02 Å². The fourth-order valence-corrected chi connectivity index (χ4v) is 5.34. The fourth-order valence-electron chi connectivity index (χ4n) is 3.95. The lowest BCUT2D eigenvalue weighted by Crippen LogP contribution is -2.44. The average Bonchev–Trinajstić information content (AvgIpc) is 3.26. The molecule has 8 nitrogen and oxygen atoms in total. The molecule has 4 rings (SSSR count). The minimum Gasteiger partial charge on any atom is -0.454 e. The van der Waals surface area contributed by atoms with Crippen LogP contribution in [0, 0.1) is 0 Å². The monoisotopic (exact) mass is 480 g/mol. The highest BCUT2D eigenvalue weighted by molar-refractivity contribution is 7.89. The van der Waals surface area contributed by atoms with Crippen molar-refractivity contribution in [3.8, 4) is 11.5 Å². The van der Waals surface area contributed by atoms with Crippen molar-refractivity contribution >= 4 is 27.5 Å². The summed E-state index contributed by atoms with van der Waals surface area (Å²) in [6, 6.07) is 10.1. The Morgan fingerprint density at radius 1 is 1.09 bits per heavy atom. The summed E-state index contributed by atoms with van der Waals surface area (Å²) in [5.74, 6) is 1.02. The van der Waals surface area contributed by atoms with E-state index in [0.717, 1.165) is 22.7 Å². The van der Waals surface area contributed by atoms with Gasteiger partial charge in [-0.05, 0) is 48.7 Å². The summed E-state index contributed by atoms with van der Waals surface area (Å²) in [6.07, 6.45) is 1.46. The molecule has 0 unspecified atom stereocenters. The largest absolute Gasteiger partial charge is 0.454 e. The summed E-state index contributed by atoms with van der Waals surface area (Å²) >= 11 is 6.10. The van der Waals surface area contributed by atoms with Gasteiger partial charge in [-0.1, -0.05) is 17.7 Å². The van der Waals surface area contributed by atoms with Crippen LogP contribution in [0.15, 0.2) is 41.3 Å². The van der Waals surface area contributed by atoms with Gasteiger partial charge in [-0.3, -0.25) is 4.79 Å². The van der Waals surface area contributed by atoms with E-state index in [1.54, 1.807) is 0 Å². The second-order valence-electron chi connectivity index (χ2n) is 8.08. The number of benzene rings is 2. The van der Waals surface area contributed by atoms with Crippen LogP contribution in [0.3, 0.4) is 0 Å². The van der Waals surface area contributed by atoms with E-state index in [1.807, 2.05) is 18.2 Å². The number of rotatable bonds is 6. The maximum absolute atomic E-state index is 13.0. The Hall–Kier alpha value is -2.33. The quantitative estimate of drug-likeness (QED) is 0.683. The molecule has 2 aliphatic rings. The summed E-state index contributed by atoms with van der Waals surface area (Å²) in [5, 5.41) is 3.05. The number of fused-ring (bicyclic) bond motifs is 1. The van der Waals surface area contributed by atoms with Gasteiger partial charge in [-0.15, -0.1) is 0 Å². The predicted molar refractivity (Wildman–Crippen MR) is 119 cm³/mol. The number of sulfonamides is 1. The average molecular weight is 481 g/mol. The van der Waals surface area contributed by atoms with E-state index in [2.05, 4.69) is 5.32 Å². The second-order valence-corrected chi connectivity index (χ2v) is 10.6. The molecule has 2 aliphatic heterocycles. The fraction of sp³-hybridized carbons (Fsp3) is 0.409. The zero-order valence-corrected chi connectivity index (χ0v) is 19.5. The maximum atomic E-state index is 13.0. The molecular weight excluding hydrogens is 456 g/mol. The molecule has 1 fully saturated rings. The Labute approximate surface area is 192 Å². The van der Waals surface area contributed by atoms with Gasteiger partial charge in [0, 0.05) is 44.8 Å². The highest BCUT2D eigenvalue weighted by atomic mass is 35.5. The van der Waals surface area contributed by atoms with Crippen LogP contribution < -0.4 is 14.8 Å². The number of halogens is 1. The molecule has 2 aromatic rings. The van der Waals surface area contributed by atoms with Crippen molar-refractivity contribution < 1.29 is 27.4 Å². The summed E-state index contributed by atoms with van der Waals surface area (Å²) in [5.41, 5.74) is 0.930. The first-order chi connectivity index (χ1) is 15.2. The van der Waals surface area contributed by atoms with Crippen molar-refractivity contribution in [1.29, 1.82) is 0 Å². The molecule has 2 heterocycles. The number of nitrogens with one attached hydrogen (secondary N) is 1. The van der Waals surface area contributed by atoms with Crippen LogP contribution in [0.4, 0.5) is 0 Å². The normalized spacial score (nSPS) is 17.4. The molecule has 32 heavy (non-hydrogen) atoms. The highest BCUT2D eigenvalue weighted by Crippen LogP contribution is 2.40. The molecule has 1 N–H and O–H groups in total. The first-order valence-corrected chi connectivity index (χ1v) is 12.0. The van der Waals surface area contributed by atoms with E-state index in [4.69, 9.17) is 25.8 Å². The molecule has 172 valence electrons. The molecule has 0 saturated carbocycles. The van der Waals surface area contributed by atoms with Crippen LogP contribution >= 0.6 is 11.6 Å². The molecular formula is C22H25ClN2O6S. The third-order valence-corrected chi connectivity index (χ3v) is 8.27. The zero-order chi connectivity index (χ0) is 22.9. The van der Waals surface area contributed by atoms with Crippen LogP contribution in [0.2, 0.25) is 5.02 Å². The van der Waals surface area contributed by atoms with Crippen LogP contribution in [-0.2, 0) is 20.2 Å². The molecule has 0 bridgehead atoms. The van der Waals surface area contributed by atoms with E-state index < -0.39 is 10.0 Å². The van der Waals surface area contributed by atoms with E-state index in [1.165, 1.54) is 32.3 Å². The molecule has 0 atom stereocenters. The number of carbonyl (C=O) groups excluding carboxylic acids is 1. The van der Waals surface area contributed by atoms with Crippen molar-refractivity contribution in [1.82, 2.24) is 9.62 Å². The van der Waals surface area contributed by atoms with Gasteiger partial charge in [0.1, 0.15) is 4.90 Å². The van der Waals surface area contributed by atoms with Gasteiger partial charge in [0.15, 0.2) is 11.5 Å². The number of nitrogens with zero attached hydrogens (tertiary/aromatic N) is 1. The predicted octanol–water partition coefficient (Wildman–Crippen LogP) is 2.80. The summed E-state index contributed by atoms with van der Waals surface area (Å²) in [6.45, 7) is 1.72. The summed E-state index contributed by atoms with van der Waals surface area (Å²) in [4.78, 5) is 12.9. The van der Waals surface area contributed by atoms with Gasteiger partial charge in [-0.25, -0.2) is 12.7 Å². The van der Waals surface area contributed by atoms with Crippen LogP contribution in [0.25, 0.3) is 0 Å². The van der Waals surface area contributed by atoms with E-state index in [-0.39, 0.29) is 33.6 Å². The lowest BCUT2D eigenvalue weighted by Gasteiger charge is -2.38. The van der Waals surface area contributed by atoms with Crippen molar-refractivity contribution in [3.05, 3.63) is 52.5 Å². The van der Waals surface area contributed by atoms with Crippen molar-refractivity contribution in [2.24, 2.45) is 0 Å². The number of hydrogen-bond donors (Lipinski definition) is 1. The first kappa shape index (κ1) is 22.8. The molecule has 2 aromatic carbocycles. The Balaban J connectivity index is 1.57. The van der Waals surface area contributed by atoms with Gasteiger partial charge in [0.2, 0.25) is 16.8 Å². The molecule has 0 aromatic heterocycles. The standard InChI is InChI=1S/C22H25ClN2O6S/c1-25(2)32(27,28)20-11-15(3-5-17(20)23)21(26)24-13-22(7-9-29-10-8-22)16-4-6-18-19(12-16)31-14-30-18/h3-6,11-12H,7-10,13-14H2,1-2H3,(H,24,26). The second kappa shape index (κ2) is 8.90. The maximum Gasteiger partial charge on any atom is 0.251 e. The Morgan fingerprint density at radius 3 is 2.53 bits per heavy atom. The van der Waals surface area contributed by atoms with Crippen molar-refractivity contribution in [3.63, 3.8) is 0 Å². The summed E-state index contributed by atoms with van der Waals surface area (Å²) in [7, 11) is -0.950. The highest BCUT2D eigenvalue weighted by Gasteiger charge is 2.36. The van der Waals surface area contributed by atoms with Crippen LogP contribution in [-0.4, -0.2) is 59.3 Å². The number of ether oxygens (including phenoxy) is 3. The first-order valence-electron chi connectivity index (χ1n) is 10.2. The third kappa shape index (κ3) is 4.30. The molecule has 0 aliphatic carbocycles. The smallest absolute Gasteiger partial charge is 0.251 e. The van der Waals surface area contributed by atoms with Crippen molar-refractivity contribution in [2.75, 3.05) is 40.6 Å². The third-order valence-electron chi connectivity index (χ3n) is 5.97. The van der Waals surface area contributed by atoms with Gasteiger partial charge >= 0.3 is 0 Å². The molecule has 1 amide bonds. The Bertz CT molecular complexity index is 1130. The van der Waals surface area contributed by atoms with Crippen LogP contribution in [0.1, 0.15) is 28.8 Å². The SMILES string of the molecule is CN(C)S(=O)(=O)c1cc(C(=O)NCC2(c3ccc4c(c3)OCO4)CCOCC2)ccc1Cl. The molecule has 1 saturated heterocycles. The molecule has 0 spiro atoms. The van der Waals surface area contributed by atoms with E-state index >= 15 is 0 Å². The van der Waals surface area contributed by atoms with Gasteiger partial charge < -0.3 is 19.5 Å². The number of hydrogen-bond acceptors (Lipinski definition) is 6. The van der Waals surface area contributed by atoms with Crippen molar-refractivity contribution in [2.45, 2.75) is 23.2 Å². The zero-order valence-electron chi connectivity index (χ0n) is 17.9.